The summed E-state index contributed by atoms with van der Waals surface area (Å²) in [5.74, 6) is 1.14. The van der Waals surface area contributed by atoms with Crippen LogP contribution >= 0.6 is 11.3 Å². The van der Waals surface area contributed by atoms with Crippen LogP contribution in [0.15, 0.2) is 12.2 Å². The van der Waals surface area contributed by atoms with Gasteiger partial charge in [0.1, 0.15) is 0 Å². The van der Waals surface area contributed by atoms with Crippen molar-refractivity contribution < 1.29 is 9.90 Å². The van der Waals surface area contributed by atoms with Crippen molar-refractivity contribution >= 4 is 22.3 Å². The molecule has 2 bridgehead atoms. The molecule has 0 aliphatic heterocycles. The number of rotatable bonds is 5. The number of hydrogen-bond donors (Lipinski definition) is 1. The molecule has 3 fully saturated rings. The Labute approximate surface area is 203 Å². The average molecular weight is 471 g/mol. The van der Waals surface area contributed by atoms with Gasteiger partial charge in [0, 0.05) is 23.4 Å². The van der Waals surface area contributed by atoms with Gasteiger partial charge in [-0.05, 0) is 73.2 Å². The second-order valence-corrected chi connectivity index (χ2v) is 13.3. The lowest BCUT2D eigenvalue weighted by atomic mass is 9.39. The van der Waals surface area contributed by atoms with Crippen molar-refractivity contribution in [1.29, 1.82) is 0 Å². The van der Waals surface area contributed by atoms with E-state index in [4.69, 9.17) is 4.98 Å². The summed E-state index contributed by atoms with van der Waals surface area (Å²) < 4.78 is 0. The number of thiazole rings is 1. The van der Waals surface area contributed by atoms with Gasteiger partial charge < -0.3 is 10.0 Å². The third-order valence-electron chi connectivity index (χ3n) is 10.4. The minimum atomic E-state index is -0.636. The number of Topliss-reactive ketones (excluding diaryl/α,β-unsaturated/α-hetero) is 1. The summed E-state index contributed by atoms with van der Waals surface area (Å²) >= 11 is 1.89. The zero-order chi connectivity index (χ0) is 23.9. The fourth-order valence-electron chi connectivity index (χ4n) is 9.08. The van der Waals surface area contributed by atoms with E-state index in [1.54, 1.807) is 0 Å². The number of aliphatic hydroxyl groups excluding tert-OH is 1. The predicted octanol–water partition coefficient (Wildman–Crippen LogP) is 5.78. The van der Waals surface area contributed by atoms with Crippen LogP contribution in [-0.4, -0.2) is 35.1 Å². The van der Waals surface area contributed by atoms with E-state index >= 15 is 0 Å². The highest BCUT2D eigenvalue weighted by Gasteiger charge is 2.73. The first kappa shape index (κ1) is 23.5. The molecular weight excluding hydrogens is 428 g/mol. The number of fused-ring (bicyclic) bond motifs is 4. The van der Waals surface area contributed by atoms with Crippen LogP contribution in [0.2, 0.25) is 0 Å². The lowest BCUT2D eigenvalue weighted by Gasteiger charge is -2.65. The number of carbonyl (C=O) groups excluding carboxylic acids is 1. The summed E-state index contributed by atoms with van der Waals surface area (Å²) in [4.78, 5) is 22.9. The van der Waals surface area contributed by atoms with E-state index in [-0.39, 0.29) is 34.4 Å². The highest BCUT2D eigenvalue weighted by Crippen LogP contribution is 2.72. The van der Waals surface area contributed by atoms with Crippen LogP contribution < -0.4 is 4.90 Å². The Morgan fingerprint density at radius 2 is 1.82 bits per heavy atom. The van der Waals surface area contributed by atoms with Crippen LogP contribution in [0.25, 0.3) is 0 Å². The zero-order valence-corrected chi connectivity index (χ0v) is 22.2. The topological polar surface area (TPSA) is 53.4 Å². The highest BCUT2D eigenvalue weighted by molar-refractivity contribution is 7.15. The van der Waals surface area contributed by atoms with Crippen LogP contribution in [0.5, 0.6) is 0 Å². The molecule has 4 nitrogen and oxygen atoms in total. The van der Waals surface area contributed by atoms with Gasteiger partial charge >= 0.3 is 0 Å². The molecule has 0 radical (unpaired) electrons. The number of allylic oxidation sites excluding steroid dienone is 1. The normalized spacial score (nSPS) is 40.9. The maximum atomic E-state index is 13.7. The predicted molar refractivity (Wildman–Crippen MR) is 136 cm³/mol. The molecule has 3 saturated carbocycles. The maximum Gasteiger partial charge on any atom is 0.185 e. The Balaban J connectivity index is 1.61. The first-order valence-electron chi connectivity index (χ1n) is 13.2. The van der Waals surface area contributed by atoms with Gasteiger partial charge in [0.25, 0.3) is 0 Å². The zero-order valence-electron chi connectivity index (χ0n) is 21.4. The van der Waals surface area contributed by atoms with Crippen molar-refractivity contribution in [2.75, 3.05) is 18.0 Å². The average Bonchev–Trinajstić information content (AvgIpc) is 3.22. The Morgan fingerprint density at radius 3 is 2.45 bits per heavy atom. The summed E-state index contributed by atoms with van der Waals surface area (Å²) in [5, 5.41) is 12.9. The largest absolute Gasteiger partial charge is 0.392 e. The molecule has 1 aromatic rings. The molecule has 1 heterocycles. The van der Waals surface area contributed by atoms with E-state index in [1.165, 1.54) is 10.6 Å². The van der Waals surface area contributed by atoms with Gasteiger partial charge in [-0.3, -0.25) is 4.79 Å². The minimum Gasteiger partial charge on any atom is -0.392 e. The molecule has 7 atom stereocenters. The van der Waals surface area contributed by atoms with E-state index < -0.39 is 11.5 Å². The van der Waals surface area contributed by atoms with Gasteiger partial charge in [0.05, 0.1) is 17.2 Å². The molecule has 5 heteroatoms. The molecule has 4 aliphatic carbocycles. The summed E-state index contributed by atoms with van der Waals surface area (Å²) in [7, 11) is 0. The molecule has 33 heavy (non-hydrogen) atoms. The molecule has 182 valence electrons. The summed E-state index contributed by atoms with van der Waals surface area (Å²) in [6, 6.07) is 0. The van der Waals surface area contributed by atoms with Crippen LogP contribution in [0.4, 0.5) is 5.13 Å². The molecule has 1 N–H and O–H groups in total. The van der Waals surface area contributed by atoms with E-state index in [0.29, 0.717) is 12.3 Å². The number of ketones is 1. The van der Waals surface area contributed by atoms with Crippen LogP contribution in [0.3, 0.4) is 0 Å². The van der Waals surface area contributed by atoms with E-state index in [2.05, 4.69) is 53.0 Å². The minimum absolute atomic E-state index is 0.0145. The number of carbonyl (C=O) groups is 1. The van der Waals surface area contributed by atoms with Gasteiger partial charge in [-0.2, -0.15) is 0 Å². The molecule has 0 amide bonds. The number of anilines is 1. The quantitative estimate of drug-likeness (QED) is 0.555. The Hall–Kier alpha value is -1.20. The van der Waals surface area contributed by atoms with Crippen molar-refractivity contribution in [3.8, 4) is 0 Å². The Bertz CT molecular complexity index is 977. The van der Waals surface area contributed by atoms with Crippen LogP contribution in [0, 0.1) is 34.5 Å². The number of aromatic nitrogens is 1. The third-order valence-corrected chi connectivity index (χ3v) is 11.5. The van der Waals surface area contributed by atoms with E-state index in [0.717, 1.165) is 55.9 Å². The third kappa shape index (κ3) is 2.84. The first-order valence-corrected chi connectivity index (χ1v) is 14.0. The van der Waals surface area contributed by atoms with Crippen molar-refractivity contribution in [3.05, 3.63) is 22.7 Å². The second kappa shape index (κ2) is 7.65. The van der Waals surface area contributed by atoms with Gasteiger partial charge in [-0.15, -0.1) is 11.3 Å². The maximum absolute atomic E-state index is 13.7. The van der Waals surface area contributed by atoms with Gasteiger partial charge in [-0.25, -0.2) is 4.98 Å². The van der Waals surface area contributed by atoms with Crippen molar-refractivity contribution in [1.82, 2.24) is 4.98 Å². The van der Waals surface area contributed by atoms with Crippen LogP contribution in [0.1, 0.15) is 84.2 Å². The Morgan fingerprint density at radius 1 is 1.15 bits per heavy atom. The van der Waals surface area contributed by atoms with E-state index in [1.807, 2.05) is 11.3 Å². The molecule has 1 unspecified atom stereocenters. The molecule has 1 aromatic heterocycles. The highest BCUT2D eigenvalue weighted by atomic mass is 32.1. The van der Waals surface area contributed by atoms with Crippen LogP contribution in [-0.2, 0) is 16.6 Å². The van der Waals surface area contributed by atoms with Crippen molar-refractivity contribution in [2.45, 2.75) is 91.6 Å². The fourth-order valence-corrected chi connectivity index (χ4v) is 10.5. The number of nitrogens with zero attached hydrogens (tertiary/aromatic N) is 2. The summed E-state index contributed by atoms with van der Waals surface area (Å²) in [6.07, 6.45) is 5.40. The SMILES string of the molecule is C=C1C(=O)[C@]23C(C)[C@@H]1CC[C@H]2[C@]1(C)Cc2sc(N(CCC)CCC)nc2C(C)(C)[C@H]1C[C@H]3O. The molecule has 4 aliphatic rings. The lowest BCUT2D eigenvalue weighted by molar-refractivity contribution is -0.195. The second-order valence-electron chi connectivity index (χ2n) is 12.3. The smallest absolute Gasteiger partial charge is 0.185 e. The van der Waals surface area contributed by atoms with Gasteiger partial charge in [0.15, 0.2) is 10.9 Å². The lowest BCUT2D eigenvalue weighted by Crippen LogP contribution is -2.66. The molecule has 1 spiro atoms. The number of hydrogen-bond acceptors (Lipinski definition) is 5. The van der Waals surface area contributed by atoms with Gasteiger partial charge in [0.2, 0.25) is 0 Å². The molecule has 0 saturated heterocycles. The monoisotopic (exact) mass is 470 g/mol. The van der Waals surface area contributed by atoms with Gasteiger partial charge in [-0.1, -0.05) is 48.1 Å². The number of aliphatic hydroxyl groups is 1. The van der Waals surface area contributed by atoms with Crippen molar-refractivity contribution in [3.63, 3.8) is 0 Å². The molecule has 0 aromatic carbocycles. The summed E-state index contributed by atoms with van der Waals surface area (Å²) in [5.41, 5.74) is 1.26. The fraction of sp³-hybridized carbons (Fsp3) is 0.786. The Kier molecular flexibility index (Phi) is 5.46. The standard InChI is InChI=1S/C28H42N2O2S/c1-8-12-30(13-9-2)25-29-23-19(33-25)15-27(7)20-11-10-18-16(3)24(32)28(20,17(18)4)22(31)14-21(27)26(23,5)6/h17-18,20-22,31H,3,8-15H2,1-2,4-7H3/t17?,18-,20+,21-,22-,27+,28-/m1/s1. The van der Waals surface area contributed by atoms with E-state index in [9.17, 15) is 9.90 Å². The summed E-state index contributed by atoms with van der Waals surface area (Å²) in [6.45, 7) is 20.1. The van der Waals surface area contributed by atoms with Crippen molar-refractivity contribution in [2.24, 2.45) is 34.5 Å². The molecular formula is C28H42N2O2S. The molecule has 5 rings (SSSR count). The first-order chi connectivity index (χ1) is 15.5.